The van der Waals surface area contributed by atoms with E-state index in [1.807, 2.05) is 18.2 Å². The number of aliphatic hydroxyl groups excluding tert-OH is 1. The molecule has 152 valence electrons. The molecule has 30 heavy (non-hydrogen) atoms. The maximum absolute atomic E-state index is 12.9. The van der Waals surface area contributed by atoms with Crippen molar-refractivity contribution in [3.63, 3.8) is 0 Å². The van der Waals surface area contributed by atoms with Gasteiger partial charge in [0.1, 0.15) is 23.3 Å². The van der Waals surface area contributed by atoms with E-state index in [-0.39, 0.29) is 17.9 Å². The van der Waals surface area contributed by atoms with E-state index in [4.69, 9.17) is 20.8 Å². The van der Waals surface area contributed by atoms with Crippen LogP contribution in [0.2, 0.25) is 5.02 Å². The van der Waals surface area contributed by atoms with Gasteiger partial charge in [-0.1, -0.05) is 29.8 Å². The predicted octanol–water partition coefficient (Wildman–Crippen LogP) is 4.56. The average Bonchev–Trinajstić information content (AvgIpc) is 3.37. The van der Waals surface area contributed by atoms with Crippen LogP contribution in [-0.4, -0.2) is 28.8 Å². The second kappa shape index (κ2) is 8.08. The van der Waals surface area contributed by atoms with E-state index < -0.39 is 17.7 Å². The monoisotopic (exact) mass is 423 g/mol. The van der Waals surface area contributed by atoms with Crippen LogP contribution in [0.3, 0.4) is 0 Å². The molecule has 0 radical (unpaired) electrons. The number of halogens is 1. The number of carbonyl (C=O) groups is 2. The van der Waals surface area contributed by atoms with Crippen LogP contribution in [0.5, 0.6) is 5.75 Å². The predicted molar refractivity (Wildman–Crippen MR) is 111 cm³/mol. The lowest BCUT2D eigenvalue weighted by Crippen LogP contribution is -2.29. The van der Waals surface area contributed by atoms with Crippen LogP contribution >= 0.6 is 11.6 Å². The summed E-state index contributed by atoms with van der Waals surface area (Å²) in [6, 6.07) is 16.1. The van der Waals surface area contributed by atoms with E-state index in [1.54, 1.807) is 42.5 Å². The van der Waals surface area contributed by atoms with Gasteiger partial charge < -0.3 is 19.2 Å². The minimum atomic E-state index is -0.874. The normalized spacial score (nSPS) is 18.1. The standard InChI is InChI=1S/C23H18ClNO5/c1-29-17-6-3-2-5-15(17)13-25-20(18-7-4-12-30-18)19(22(27)23(25)28)21(26)14-8-10-16(24)11-9-14/h2-12,20,26H,13H2,1H3/b21-19-. The summed E-state index contributed by atoms with van der Waals surface area (Å²) in [6.07, 6.45) is 1.46. The van der Waals surface area contributed by atoms with Crippen molar-refractivity contribution in [3.8, 4) is 5.75 Å². The van der Waals surface area contributed by atoms with E-state index in [9.17, 15) is 14.7 Å². The Bertz CT molecular complexity index is 1120. The van der Waals surface area contributed by atoms with E-state index >= 15 is 0 Å². The second-order valence-corrected chi connectivity index (χ2v) is 7.20. The highest BCUT2D eigenvalue weighted by atomic mass is 35.5. The Labute approximate surface area is 177 Å². The molecule has 3 aromatic rings. The van der Waals surface area contributed by atoms with Gasteiger partial charge in [0, 0.05) is 16.1 Å². The highest BCUT2D eigenvalue weighted by Gasteiger charge is 2.47. The first kappa shape index (κ1) is 19.8. The Morgan fingerprint density at radius 1 is 1.10 bits per heavy atom. The number of methoxy groups -OCH3 is 1. The van der Waals surface area contributed by atoms with Crippen LogP contribution in [-0.2, 0) is 16.1 Å². The molecule has 2 heterocycles. The van der Waals surface area contributed by atoms with Crippen molar-refractivity contribution >= 4 is 29.1 Å². The fourth-order valence-corrected chi connectivity index (χ4v) is 3.69. The third kappa shape index (κ3) is 3.46. The number of carbonyl (C=O) groups excluding carboxylic acids is 2. The molecule has 1 amide bonds. The first-order chi connectivity index (χ1) is 14.5. The number of benzene rings is 2. The molecule has 1 unspecified atom stereocenters. The quantitative estimate of drug-likeness (QED) is 0.369. The summed E-state index contributed by atoms with van der Waals surface area (Å²) >= 11 is 5.93. The van der Waals surface area contributed by atoms with Crippen molar-refractivity contribution in [1.29, 1.82) is 0 Å². The molecule has 0 saturated carbocycles. The van der Waals surface area contributed by atoms with Gasteiger partial charge in [0.15, 0.2) is 0 Å². The Morgan fingerprint density at radius 3 is 2.50 bits per heavy atom. The first-order valence-electron chi connectivity index (χ1n) is 9.21. The number of nitrogens with zero attached hydrogens (tertiary/aromatic N) is 1. The van der Waals surface area contributed by atoms with Crippen LogP contribution in [0.15, 0.2) is 76.9 Å². The number of furan rings is 1. The number of rotatable bonds is 5. The third-order valence-corrected chi connectivity index (χ3v) is 5.26. The highest BCUT2D eigenvalue weighted by Crippen LogP contribution is 2.41. The van der Waals surface area contributed by atoms with Gasteiger partial charge >= 0.3 is 0 Å². The molecular formula is C23H18ClNO5. The molecule has 0 bridgehead atoms. The van der Waals surface area contributed by atoms with Crippen LogP contribution in [0.4, 0.5) is 0 Å². The second-order valence-electron chi connectivity index (χ2n) is 6.76. The summed E-state index contributed by atoms with van der Waals surface area (Å²) in [4.78, 5) is 27.3. The lowest BCUT2D eigenvalue weighted by atomic mass is 9.99. The molecule has 1 saturated heterocycles. The summed E-state index contributed by atoms with van der Waals surface area (Å²) in [7, 11) is 1.54. The molecule has 1 aliphatic rings. The Balaban J connectivity index is 1.83. The smallest absolute Gasteiger partial charge is 0.296 e. The number of ketones is 1. The van der Waals surface area contributed by atoms with Crippen molar-refractivity contribution < 1.29 is 23.8 Å². The Kier molecular flexibility index (Phi) is 5.33. The molecule has 4 rings (SSSR count). The van der Waals surface area contributed by atoms with Crippen molar-refractivity contribution in [2.45, 2.75) is 12.6 Å². The van der Waals surface area contributed by atoms with Gasteiger partial charge in [-0.05, 0) is 42.5 Å². The van der Waals surface area contributed by atoms with Crippen molar-refractivity contribution in [2.24, 2.45) is 0 Å². The van der Waals surface area contributed by atoms with Gasteiger partial charge in [0.05, 0.1) is 25.5 Å². The Morgan fingerprint density at radius 2 is 1.83 bits per heavy atom. The zero-order chi connectivity index (χ0) is 21.3. The number of likely N-dealkylation sites (tertiary alicyclic amines) is 1. The van der Waals surface area contributed by atoms with Crippen LogP contribution in [0, 0.1) is 0 Å². The van der Waals surface area contributed by atoms with Crippen LogP contribution in [0.1, 0.15) is 22.9 Å². The fourth-order valence-electron chi connectivity index (χ4n) is 3.57. The number of hydrogen-bond donors (Lipinski definition) is 1. The molecule has 0 spiro atoms. The fraction of sp³-hybridized carbons (Fsp3) is 0.130. The third-order valence-electron chi connectivity index (χ3n) is 5.00. The largest absolute Gasteiger partial charge is 0.507 e. The molecular weight excluding hydrogens is 406 g/mol. The summed E-state index contributed by atoms with van der Waals surface area (Å²) in [5.74, 6) is -0.819. The average molecular weight is 424 g/mol. The van der Waals surface area contributed by atoms with Crippen molar-refractivity contribution in [3.05, 3.63) is 94.4 Å². The van der Waals surface area contributed by atoms with Crippen molar-refractivity contribution in [1.82, 2.24) is 4.90 Å². The Hall–Kier alpha value is -3.51. The molecule has 2 aromatic carbocycles. The molecule has 1 aliphatic heterocycles. The van der Waals surface area contributed by atoms with Gasteiger partial charge in [-0.15, -0.1) is 0 Å². The van der Waals surface area contributed by atoms with Gasteiger partial charge in [-0.2, -0.15) is 0 Å². The highest BCUT2D eigenvalue weighted by molar-refractivity contribution is 6.46. The van der Waals surface area contributed by atoms with E-state index in [1.165, 1.54) is 18.3 Å². The van der Waals surface area contributed by atoms with E-state index in [2.05, 4.69) is 0 Å². The summed E-state index contributed by atoms with van der Waals surface area (Å²) in [5.41, 5.74) is 1.07. The molecule has 1 atom stereocenters. The summed E-state index contributed by atoms with van der Waals surface area (Å²) in [5, 5.41) is 11.4. The molecule has 6 nitrogen and oxygen atoms in total. The number of para-hydroxylation sites is 1. The van der Waals surface area contributed by atoms with E-state index in [0.29, 0.717) is 22.1 Å². The van der Waals surface area contributed by atoms with Gasteiger partial charge in [0.2, 0.25) is 0 Å². The maximum atomic E-state index is 12.9. The number of Topliss-reactive ketones (excluding diaryl/α,β-unsaturated/α-hetero) is 1. The van der Waals surface area contributed by atoms with Crippen LogP contribution in [0.25, 0.3) is 5.76 Å². The topological polar surface area (TPSA) is 80.0 Å². The lowest BCUT2D eigenvalue weighted by molar-refractivity contribution is -0.140. The van der Waals surface area contributed by atoms with Gasteiger partial charge in [-0.3, -0.25) is 9.59 Å². The molecule has 0 aliphatic carbocycles. The molecule has 7 heteroatoms. The SMILES string of the molecule is COc1ccccc1CN1C(=O)C(=O)/C(=C(\O)c2ccc(Cl)cc2)C1c1ccco1. The van der Waals surface area contributed by atoms with Crippen LogP contribution < -0.4 is 4.74 Å². The number of hydrogen-bond acceptors (Lipinski definition) is 5. The molecule has 1 fully saturated rings. The summed E-state index contributed by atoms with van der Waals surface area (Å²) < 4.78 is 10.9. The zero-order valence-electron chi connectivity index (χ0n) is 16.0. The number of aliphatic hydroxyl groups is 1. The van der Waals surface area contributed by atoms with E-state index in [0.717, 1.165) is 5.56 Å². The number of ether oxygens (including phenoxy) is 1. The molecule has 1 aromatic heterocycles. The molecule has 1 N–H and O–H groups in total. The summed E-state index contributed by atoms with van der Waals surface area (Å²) in [6.45, 7) is 0.108. The van der Waals surface area contributed by atoms with Gasteiger partial charge in [-0.25, -0.2) is 0 Å². The van der Waals surface area contributed by atoms with Crippen molar-refractivity contribution in [2.75, 3.05) is 7.11 Å². The van der Waals surface area contributed by atoms with Gasteiger partial charge in [0.25, 0.3) is 11.7 Å². The first-order valence-corrected chi connectivity index (χ1v) is 9.58. The minimum Gasteiger partial charge on any atom is -0.507 e. The maximum Gasteiger partial charge on any atom is 0.296 e. The lowest BCUT2D eigenvalue weighted by Gasteiger charge is -2.24. The number of amides is 1. The zero-order valence-corrected chi connectivity index (χ0v) is 16.8. The minimum absolute atomic E-state index is 0.0350.